The lowest BCUT2D eigenvalue weighted by Gasteiger charge is -2.26. The summed E-state index contributed by atoms with van der Waals surface area (Å²) in [5.41, 5.74) is 0.865. The van der Waals surface area contributed by atoms with Crippen LogP contribution in [0.4, 0.5) is 4.39 Å². The number of methoxy groups -OCH3 is 1. The van der Waals surface area contributed by atoms with E-state index in [-0.39, 0.29) is 37.7 Å². The number of aromatic nitrogens is 4. The van der Waals surface area contributed by atoms with Gasteiger partial charge in [-0.2, -0.15) is 5.10 Å². The number of rotatable bonds is 4. The predicted molar refractivity (Wildman–Crippen MR) is 162 cm³/mol. The van der Waals surface area contributed by atoms with E-state index >= 15 is 0 Å². The summed E-state index contributed by atoms with van der Waals surface area (Å²) in [6.45, 7) is 3.83. The number of fused-ring (bicyclic) bond motifs is 3. The van der Waals surface area contributed by atoms with Gasteiger partial charge in [-0.05, 0) is 30.2 Å². The number of nitrogens with zero attached hydrogens (tertiary/aromatic N) is 5. The van der Waals surface area contributed by atoms with Gasteiger partial charge in [-0.15, -0.1) is 0 Å². The summed E-state index contributed by atoms with van der Waals surface area (Å²) in [6, 6.07) is 14.9. The van der Waals surface area contributed by atoms with E-state index in [2.05, 4.69) is 15.6 Å². The first kappa shape index (κ1) is 31.1. The maximum absolute atomic E-state index is 14.6. The van der Waals surface area contributed by atoms with Gasteiger partial charge in [-0.3, -0.25) is 19.4 Å². The minimum absolute atomic E-state index is 0.00481. The number of hydrogen-bond donors (Lipinski definition) is 2. The monoisotopic (exact) mass is 615 g/mol. The topological polar surface area (TPSA) is 141 Å². The molecule has 2 bridgehead atoms. The maximum Gasteiger partial charge on any atom is 0.257 e. The average Bonchev–Trinajstić information content (AvgIpc) is 3.46. The number of nitrogens with one attached hydrogen (secondary N) is 2. The third kappa shape index (κ3) is 7.25. The fourth-order valence-corrected chi connectivity index (χ4v) is 4.93. The number of pyridine rings is 1. The fraction of sp³-hybridized carbons (Fsp3) is 0.312. The zero-order chi connectivity index (χ0) is 31.9. The van der Waals surface area contributed by atoms with Gasteiger partial charge in [0.15, 0.2) is 29.0 Å². The van der Waals surface area contributed by atoms with Gasteiger partial charge in [-0.1, -0.05) is 44.2 Å². The van der Waals surface area contributed by atoms with Crippen LogP contribution in [-0.4, -0.2) is 75.7 Å². The molecule has 0 saturated heterocycles. The number of carbonyl (C=O) groups is 3. The van der Waals surface area contributed by atoms with Gasteiger partial charge < -0.3 is 25.0 Å². The Kier molecular flexibility index (Phi) is 9.66. The zero-order valence-corrected chi connectivity index (χ0v) is 25.2. The SMILES string of the molecule is COc1ccc2cc1OCCn1nc(-c3ccccc3)nc1[C@@H](C(C)C)NC(=O)CN(C(=O)c1ccncc1F)CCNC2=O. The molecule has 13 heteroatoms. The normalized spacial score (nSPS) is 16.2. The Balaban J connectivity index is 1.54. The van der Waals surface area contributed by atoms with Crippen LogP contribution in [0.2, 0.25) is 0 Å². The van der Waals surface area contributed by atoms with Crippen molar-refractivity contribution in [1.29, 1.82) is 0 Å². The van der Waals surface area contributed by atoms with Crippen LogP contribution < -0.4 is 20.1 Å². The van der Waals surface area contributed by atoms with Gasteiger partial charge in [-0.25, -0.2) is 14.1 Å². The second-order valence-electron chi connectivity index (χ2n) is 10.7. The molecule has 0 unspecified atom stereocenters. The molecule has 3 amide bonds. The van der Waals surface area contributed by atoms with Crippen LogP contribution >= 0.6 is 0 Å². The highest BCUT2D eigenvalue weighted by Crippen LogP contribution is 2.29. The Morgan fingerprint density at radius 1 is 1.09 bits per heavy atom. The highest BCUT2D eigenvalue weighted by Gasteiger charge is 2.28. The van der Waals surface area contributed by atoms with Gasteiger partial charge >= 0.3 is 0 Å². The second kappa shape index (κ2) is 14.0. The van der Waals surface area contributed by atoms with E-state index in [0.29, 0.717) is 28.7 Å². The molecule has 12 nitrogen and oxygen atoms in total. The van der Waals surface area contributed by atoms with Crippen molar-refractivity contribution < 1.29 is 28.2 Å². The molecule has 1 aliphatic rings. The van der Waals surface area contributed by atoms with Crippen molar-refractivity contribution in [3.63, 3.8) is 0 Å². The maximum atomic E-state index is 14.6. The summed E-state index contributed by atoms with van der Waals surface area (Å²) < 4.78 is 27.8. The summed E-state index contributed by atoms with van der Waals surface area (Å²) in [4.78, 5) is 49.7. The molecule has 2 aromatic carbocycles. The van der Waals surface area contributed by atoms with Gasteiger partial charge in [0, 0.05) is 30.4 Å². The number of benzene rings is 2. The molecule has 4 aromatic rings. The van der Waals surface area contributed by atoms with Gasteiger partial charge in [0.05, 0.1) is 38.0 Å². The van der Waals surface area contributed by atoms with E-state index in [4.69, 9.17) is 19.6 Å². The molecule has 2 aromatic heterocycles. The quantitative estimate of drug-likeness (QED) is 0.357. The highest BCUT2D eigenvalue weighted by atomic mass is 19.1. The fourth-order valence-electron chi connectivity index (χ4n) is 4.93. The van der Waals surface area contributed by atoms with E-state index in [0.717, 1.165) is 11.8 Å². The number of hydrogen-bond acceptors (Lipinski definition) is 8. The average molecular weight is 616 g/mol. The minimum Gasteiger partial charge on any atom is -0.493 e. The summed E-state index contributed by atoms with van der Waals surface area (Å²) in [5, 5.41) is 10.5. The molecular formula is C32H34FN7O5. The predicted octanol–water partition coefficient (Wildman–Crippen LogP) is 3.27. The molecule has 1 aliphatic heterocycles. The summed E-state index contributed by atoms with van der Waals surface area (Å²) >= 11 is 0. The third-order valence-corrected chi connectivity index (χ3v) is 7.27. The van der Waals surface area contributed by atoms with Crippen molar-refractivity contribution in [2.75, 3.05) is 33.4 Å². The Morgan fingerprint density at radius 2 is 1.89 bits per heavy atom. The Bertz CT molecular complexity index is 1680. The van der Waals surface area contributed by atoms with Crippen LogP contribution in [0.15, 0.2) is 67.0 Å². The number of amides is 3. The first-order valence-electron chi connectivity index (χ1n) is 14.5. The summed E-state index contributed by atoms with van der Waals surface area (Å²) in [5.74, 6) is -0.797. The first-order chi connectivity index (χ1) is 21.7. The van der Waals surface area contributed by atoms with Crippen molar-refractivity contribution in [2.45, 2.75) is 26.4 Å². The number of halogens is 1. The van der Waals surface area contributed by atoms with Crippen LogP contribution in [0.3, 0.4) is 0 Å². The third-order valence-electron chi connectivity index (χ3n) is 7.27. The molecule has 0 fully saturated rings. The minimum atomic E-state index is -0.817. The Morgan fingerprint density at radius 3 is 2.62 bits per heavy atom. The van der Waals surface area contributed by atoms with Crippen LogP contribution in [0, 0.1) is 11.7 Å². The lowest BCUT2D eigenvalue weighted by molar-refractivity contribution is -0.123. The lowest BCUT2D eigenvalue weighted by Crippen LogP contribution is -2.46. The molecule has 234 valence electrons. The van der Waals surface area contributed by atoms with Crippen molar-refractivity contribution in [2.24, 2.45) is 5.92 Å². The van der Waals surface area contributed by atoms with E-state index in [1.165, 1.54) is 24.3 Å². The van der Waals surface area contributed by atoms with Crippen LogP contribution in [0.25, 0.3) is 11.4 Å². The molecule has 3 heterocycles. The Hall–Kier alpha value is -5.33. The highest BCUT2D eigenvalue weighted by molar-refractivity contribution is 5.97. The van der Waals surface area contributed by atoms with Crippen LogP contribution in [0.1, 0.15) is 46.4 Å². The van der Waals surface area contributed by atoms with Crippen LogP contribution in [-0.2, 0) is 11.3 Å². The largest absolute Gasteiger partial charge is 0.493 e. The number of carbonyl (C=O) groups excluding carboxylic acids is 3. The van der Waals surface area contributed by atoms with Crippen molar-refractivity contribution in [3.05, 3.63) is 89.8 Å². The zero-order valence-electron chi connectivity index (χ0n) is 25.2. The van der Waals surface area contributed by atoms with Gasteiger partial charge in [0.2, 0.25) is 5.91 Å². The molecule has 0 radical (unpaired) electrons. The van der Waals surface area contributed by atoms with E-state index in [9.17, 15) is 18.8 Å². The van der Waals surface area contributed by atoms with Crippen LogP contribution in [0.5, 0.6) is 11.5 Å². The van der Waals surface area contributed by atoms with Gasteiger partial charge in [0.25, 0.3) is 11.8 Å². The smallest absolute Gasteiger partial charge is 0.257 e. The van der Waals surface area contributed by atoms with Gasteiger partial charge in [0.1, 0.15) is 6.61 Å². The van der Waals surface area contributed by atoms with E-state index in [1.54, 1.807) is 22.9 Å². The number of ether oxygens (including phenoxy) is 2. The summed E-state index contributed by atoms with van der Waals surface area (Å²) in [7, 11) is 1.51. The van der Waals surface area contributed by atoms with Crippen molar-refractivity contribution in [1.82, 2.24) is 35.3 Å². The summed E-state index contributed by atoms with van der Waals surface area (Å²) in [6.07, 6.45) is 2.23. The molecule has 0 spiro atoms. The van der Waals surface area contributed by atoms with E-state index in [1.807, 2.05) is 44.2 Å². The molecular weight excluding hydrogens is 581 g/mol. The van der Waals surface area contributed by atoms with Crippen molar-refractivity contribution in [3.8, 4) is 22.9 Å². The molecule has 5 rings (SSSR count). The second-order valence-corrected chi connectivity index (χ2v) is 10.7. The standard InChI is InChI=1S/C32H34FN7O5/c1-20(2)28-30-37-29(21-7-5-4-6-8-21)38-40(30)15-16-45-26-17-22(9-10-25(26)44-3)31(42)35-13-14-39(19-27(41)36-28)32(43)23-11-12-34-18-24(23)33/h4-12,17-18,20,28H,13-16,19H2,1-3H3,(H,35,42)(H,36,41)/t28-/m1/s1. The lowest BCUT2D eigenvalue weighted by atomic mass is 10.0. The molecule has 0 saturated carbocycles. The first-order valence-corrected chi connectivity index (χ1v) is 14.5. The Labute approximate surface area is 259 Å². The molecule has 0 aliphatic carbocycles. The van der Waals surface area contributed by atoms with Crippen molar-refractivity contribution >= 4 is 17.7 Å². The molecule has 45 heavy (non-hydrogen) atoms. The van der Waals surface area contributed by atoms with E-state index < -0.39 is 36.1 Å². The molecule has 1 atom stereocenters. The molecule has 2 N–H and O–H groups in total.